The third-order valence-corrected chi connectivity index (χ3v) is 7.68. The number of imide groups is 1. The number of halogens is 3. The SMILES string of the molecule is CC1=C(C#N)C(c2ccc(C#N)cc2S(C)(=O)=O)N(C(=O)NN2CCOCC2)C(=O)N1c1cccc(C(F)(F)F)c1. The van der Waals surface area contributed by atoms with Crippen molar-refractivity contribution in [2.24, 2.45) is 0 Å². The fraction of sp³-hybridized carbons (Fsp3) is 0.308. The van der Waals surface area contributed by atoms with E-state index in [-0.39, 0.29) is 54.4 Å². The number of ether oxygens (including phenoxy) is 1. The summed E-state index contributed by atoms with van der Waals surface area (Å²) in [5, 5.41) is 21.0. The Morgan fingerprint density at radius 1 is 1.10 bits per heavy atom. The van der Waals surface area contributed by atoms with E-state index in [1.165, 1.54) is 30.1 Å². The van der Waals surface area contributed by atoms with Crippen LogP contribution in [-0.2, 0) is 20.8 Å². The molecule has 214 valence electrons. The predicted octanol–water partition coefficient (Wildman–Crippen LogP) is 3.72. The number of hydrogen-bond acceptors (Lipinski definition) is 8. The highest BCUT2D eigenvalue weighted by atomic mass is 32.2. The second-order valence-electron chi connectivity index (χ2n) is 9.20. The van der Waals surface area contributed by atoms with Crippen molar-refractivity contribution in [1.29, 1.82) is 10.5 Å². The molecule has 0 bridgehead atoms. The maximum atomic E-state index is 14.0. The van der Waals surface area contributed by atoms with Gasteiger partial charge in [0.05, 0.1) is 52.6 Å². The molecule has 0 radical (unpaired) electrons. The molecule has 11 nitrogen and oxygen atoms in total. The molecule has 1 fully saturated rings. The van der Waals surface area contributed by atoms with Gasteiger partial charge in [-0.25, -0.2) is 27.9 Å². The van der Waals surface area contributed by atoms with E-state index in [4.69, 9.17) is 4.74 Å². The molecule has 0 aliphatic carbocycles. The van der Waals surface area contributed by atoms with Gasteiger partial charge < -0.3 is 4.74 Å². The fourth-order valence-electron chi connectivity index (χ4n) is 4.59. The summed E-state index contributed by atoms with van der Waals surface area (Å²) >= 11 is 0. The van der Waals surface area contributed by atoms with Gasteiger partial charge in [0.2, 0.25) is 0 Å². The minimum atomic E-state index is -4.74. The molecule has 4 rings (SSSR count). The standard InChI is InChI=1S/C26H23F3N6O5S/c1-16-21(15-31)23(20-7-6-17(14-30)12-22(20)41(2,38)39)35(24(36)32-33-8-10-40-11-9-33)25(37)34(16)19-5-3-4-18(13-19)26(27,28)29/h3-7,12-13,23H,8-11H2,1-2H3,(H,32,36). The van der Waals surface area contributed by atoms with Gasteiger partial charge in [0, 0.05) is 25.0 Å². The van der Waals surface area contributed by atoms with E-state index in [1.807, 2.05) is 12.1 Å². The number of anilines is 1. The molecule has 41 heavy (non-hydrogen) atoms. The molecule has 2 aromatic rings. The predicted molar refractivity (Wildman–Crippen MR) is 137 cm³/mol. The first kappa shape index (κ1) is 29.5. The summed E-state index contributed by atoms with van der Waals surface area (Å²) in [6.45, 7) is 2.35. The van der Waals surface area contributed by atoms with Crippen molar-refractivity contribution in [3.05, 3.63) is 70.4 Å². The lowest BCUT2D eigenvalue weighted by molar-refractivity contribution is -0.137. The Morgan fingerprint density at radius 2 is 1.78 bits per heavy atom. The first-order valence-corrected chi connectivity index (χ1v) is 14.0. The molecule has 0 aromatic heterocycles. The Labute approximate surface area is 233 Å². The maximum Gasteiger partial charge on any atom is 0.416 e. The zero-order valence-electron chi connectivity index (χ0n) is 21.8. The van der Waals surface area contributed by atoms with Crippen molar-refractivity contribution in [3.8, 4) is 12.1 Å². The van der Waals surface area contributed by atoms with Crippen LogP contribution in [0.3, 0.4) is 0 Å². The minimum absolute atomic E-state index is 0.0227. The number of allylic oxidation sites excluding steroid dienone is 1. The van der Waals surface area contributed by atoms with Crippen molar-refractivity contribution in [3.63, 3.8) is 0 Å². The van der Waals surface area contributed by atoms with Crippen LogP contribution in [0.2, 0.25) is 0 Å². The summed E-state index contributed by atoms with van der Waals surface area (Å²) in [4.78, 5) is 28.7. The molecule has 1 N–H and O–H groups in total. The van der Waals surface area contributed by atoms with Gasteiger partial charge in [0.1, 0.15) is 6.04 Å². The molecule has 2 aromatic carbocycles. The summed E-state index contributed by atoms with van der Waals surface area (Å²) in [5.74, 6) is 0. The normalized spacial score (nSPS) is 18.6. The number of morpholine rings is 1. The second kappa shape index (κ2) is 11.2. The summed E-state index contributed by atoms with van der Waals surface area (Å²) in [7, 11) is -4.06. The highest BCUT2D eigenvalue weighted by molar-refractivity contribution is 7.90. The minimum Gasteiger partial charge on any atom is -0.379 e. The topological polar surface area (TPSA) is 147 Å². The number of carbonyl (C=O) groups is 2. The van der Waals surface area contributed by atoms with E-state index < -0.39 is 44.6 Å². The number of hydrazine groups is 1. The van der Waals surface area contributed by atoms with E-state index in [1.54, 1.807) is 0 Å². The molecule has 1 saturated heterocycles. The lowest BCUT2D eigenvalue weighted by atomic mass is 9.93. The van der Waals surface area contributed by atoms with Crippen molar-refractivity contribution in [2.45, 2.75) is 24.0 Å². The van der Waals surface area contributed by atoms with Crippen molar-refractivity contribution in [2.75, 3.05) is 37.5 Å². The van der Waals surface area contributed by atoms with Gasteiger partial charge in [0.15, 0.2) is 9.84 Å². The second-order valence-corrected chi connectivity index (χ2v) is 11.2. The fourth-order valence-corrected chi connectivity index (χ4v) is 5.54. The Morgan fingerprint density at radius 3 is 2.37 bits per heavy atom. The van der Waals surface area contributed by atoms with E-state index in [0.29, 0.717) is 11.0 Å². The number of amides is 4. The molecule has 0 saturated carbocycles. The lowest BCUT2D eigenvalue weighted by Crippen LogP contribution is -2.59. The van der Waals surface area contributed by atoms with E-state index >= 15 is 0 Å². The number of sulfone groups is 1. The van der Waals surface area contributed by atoms with E-state index in [0.717, 1.165) is 29.4 Å². The Hall–Kier alpha value is -4.44. The quantitative estimate of drug-likeness (QED) is 0.569. The van der Waals surface area contributed by atoms with Crippen molar-refractivity contribution >= 4 is 27.6 Å². The average molecular weight is 589 g/mol. The lowest BCUT2D eigenvalue weighted by Gasteiger charge is -2.41. The van der Waals surface area contributed by atoms with Gasteiger partial charge in [-0.2, -0.15) is 23.7 Å². The van der Waals surface area contributed by atoms with Crippen LogP contribution in [-0.4, -0.2) is 62.9 Å². The highest BCUT2D eigenvalue weighted by Crippen LogP contribution is 2.42. The average Bonchev–Trinajstić information content (AvgIpc) is 2.92. The van der Waals surface area contributed by atoms with Crippen LogP contribution in [0.1, 0.15) is 29.7 Å². The number of alkyl halides is 3. The number of urea groups is 2. The molecule has 2 aliphatic rings. The van der Waals surface area contributed by atoms with Crippen molar-refractivity contribution < 1.29 is 35.9 Å². The monoisotopic (exact) mass is 588 g/mol. The molecule has 2 heterocycles. The first-order valence-electron chi connectivity index (χ1n) is 12.1. The van der Waals surface area contributed by atoms with Gasteiger partial charge in [-0.15, -0.1) is 0 Å². The molecular weight excluding hydrogens is 565 g/mol. The number of nitriles is 2. The Bertz CT molecular complexity index is 1620. The summed E-state index contributed by atoms with van der Waals surface area (Å²) < 4.78 is 71.3. The molecule has 2 aliphatic heterocycles. The Balaban J connectivity index is 1.96. The van der Waals surface area contributed by atoms with Crippen LogP contribution in [0.25, 0.3) is 0 Å². The number of carbonyl (C=O) groups excluding carboxylic acids is 2. The summed E-state index contributed by atoms with van der Waals surface area (Å²) in [6, 6.07) is 7.35. The third-order valence-electron chi connectivity index (χ3n) is 6.53. The smallest absolute Gasteiger partial charge is 0.379 e. The number of rotatable bonds is 4. The molecule has 4 amide bonds. The van der Waals surface area contributed by atoms with E-state index in [9.17, 15) is 41.7 Å². The number of nitrogens with one attached hydrogen (secondary N) is 1. The number of hydrogen-bond donors (Lipinski definition) is 1. The van der Waals surface area contributed by atoms with Crippen LogP contribution in [0, 0.1) is 22.7 Å². The largest absolute Gasteiger partial charge is 0.416 e. The van der Waals surface area contributed by atoms with Crippen LogP contribution in [0.5, 0.6) is 0 Å². The van der Waals surface area contributed by atoms with Gasteiger partial charge in [-0.1, -0.05) is 12.1 Å². The summed E-state index contributed by atoms with van der Waals surface area (Å²) in [5.41, 5.74) is 0.675. The van der Waals surface area contributed by atoms with Gasteiger partial charge in [-0.3, -0.25) is 10.3 Å². The first-order chi connectivity index (χ1) is 19.3. The third kappa shape index (κ3) is 5.88. The van der Waals surface area contributed by atoms with Crippen LogP contribution in [0.4, 0.5) is 28.4 Å². The molecule has 1 atom stereocenters. The van der Waals surface area contributed by atoms with Crippen LogP contribution >= 0.6 is 0 Å². The maximum absolute atomic E-state index is 14.0. The molecule has 0 spiro atoms. The highest BCUT2D eigenvalue weighted by Gasteiger charge is 2.46. The van der Waals surface area contributed by atoms with Gasteiger partial charge in [-0.05, 0) is 42.8 Å². The molecule has 1 unspecified atom stereocenters. The zero-order valence-corrected chi connectivity index (χ0v) is 22.6. The number of nitrogens with zero attached hydrogens (tertiary/aromatic N) is 5. The number of benzene rings is 2. The van der Waals surface area contributed by atoms with E-state index in [2.05, 4.69) is 5.43 Å². The van der Waals surface area contributed by atoms with Crippen molar-refractivity contribution in [1.82, 2.24) is 15.3 Å². The molecular formula is C26H23F3N6O5S. The van der Waals surface area contributed by atoms with Crippen LogP contribution in [0.15, 0.2) is 58.6 Å². The van der Waals surface area contributed by atoms with Gasteiger partial charge >= 0.3 is 18.2 Å². The molecule has 15 heteroatoms. The van der Waals surface area contributed by atoms with Crippen LogP contribution < -0.4 is 10.3 Å². The summed E-state index contributed by atoms with van der Waals surface area (Å²) in [6.07, 6.45) is -3.87. The Kier molecular flexibility index (Phi) is 8.08. The zero-order chi connectivity index (χ0) is 30.1. The van der Waals surface area contributed by atoms with Gasteiger partial charge in [0.25, 0.3) is 0 Å².